The third kappa shape index (κ3) is 3.46. The summed E-state index contributed by atoms with van der Waals surface area (Å²) in [5.74, 6) is 0.641. The predicted octanol–water partition coefficient (Wildman–Crippen LogP) is 3.03. The number of aromatic nitrogens is 1. The van der Waals surface area contributed by atoms with Crippen molar-refractivity contribution < 1.29 is 9.53 Å². The van der Waals surface area contributed by atoms with E-state index in [0.717, 1.165) is 22.3 Å². The van der Waals surface area contributed by atoms with Crippen molar-refractivity contribution in [1.29, 1.82) is 0 Å². The molecular formula is C19H18N2O3. The third-order valence-electron chi connectivity index (χ3n) is 3.86. The lowest BCUT2D eigenvalue weighted by atomic mass is 10.1. The number of benzene rings is 2. The number of anilines is 1. The number of hydrogen-bond donors (Lipinski definition) is 2. The zero-order valence-corrected chi connectivity index (χ0v) is 13.6. The van der Waals surface area contributed by atoms with Gasteiger partial charge in [-0.05, 0) is 42.3 Å². The van der Waals surface area contributed by atoms with Crippen LogP contribution in [0.5, 0.6) is 5.75 Å². The van der Waals surface area contributed by atoms with Gasteiger partial charge in [-0.2, -0.15) is 0 Å². The van der Waals surface area contributed by atoms with Crippen LogP contribution in [0.25, 0.3) is 10.9 Å². The fourth-order valence-corrected chi connectivity index (χ4v) is 2.65. The van der Waals surface area contributed by atoms with Crippen LogP contribution in [-0.2, 0) is 11.2 Å². The lowest BCUT2D eigenvalue weighted by Crippen LogP contribution is -2.14. The largest absolute Gasteiger partial charge is 0.497 e. The number of amides is 1. The maximum atomic E-state index is 12.2. The van der Waals surface area contributed by atoms with Gasteiger partial charge < -0.3 is 15.0 Å². The summed E-state index contributed by atoms with van der Waals surface area (Å²) < 4.78 is 5.10. The zero-order chi connectivity index (χ0) is 17.1. The molecule has 3 rings (SSSR count). The number of nitrogens with one attached hydrogen (secondary N) is 2. The minimum atomic E-state index is -0.151. The molecule has 0 aliphatic carbocycles. The standard InChI is InChI=1S/C19H18N2O3/c1-12-9-18(22)21-17-11-14(5-8-16(12)17)20-19(23)10-13-3-6-15(24-2)7-4-13/h3-9,11H,10H2,1-2H3,(H,20,23)(H,21,22). The Bertz CT molecular complexity index is 943. The molecule has 0 unspecified atom stereocenters. The highest BCUT2D eigenvalue weighted by Gasteiger charge is 2.06. The molecule has 2 aromatic carbocycles. The summed E-state index contributed by atoms with van der Waals surface area (Å²) in [6.07, 6.45) is 0.270. The van der Waals surface area contributed by atoms with Gasteiger partial charge in [0.05, 0.1) is 19.0 Å². The van der Waals surface area contributed by atoms with E-state index in [1.807, 2.05) is 43.3 Å². The molecule has 1 amide bonds. The highest BCUT2D eigenvalue weighted by atomic mass is 16.5. The lowest BCUT2D eigenvalue weighted by molar-refractivity contribution is -0.115. The molecule has 5 nitrogen and oxygen atoms in total. The normalized spacial score (nSPS) is 10.6. The molecule has 0 fully saturated rings. The Morgan fingerprint density at radius 1 is 1.12 bits per heavy atom. The van der Waals surface area contributed by atoms with Crippen molar-refractivity contribution in [2.45, 2.75) is 13.3 Å². The molecule has 24 heavy (non-hydrogen) atoms. The van der Waals surface area contributed by atoms with E-state index in [1.165, 1.54) is 0 Å². The number of ether oxygens (including phenoxy) is 1. The fourth-order valence-electron chi connectivity index (χ4n) is 2.65. The van der Waals surface area contributed by atoms with E-state index in [1.54, 1.807) is 19.2 Å². The van der Waals surface area contributed by atoms with E-state index >= 15 is 0 Å². The topological polar surface area (TPSA) is 71.2 Å². The Morgan fingerprint density at radius 2 is 1.88 bits per heavy atom. The first kappa shape index (κ1) is 15.8. The van der Waals surface area contributed by atoms with Crippen LogP contribution in [0.2, 0.25) is 0 Å². The molecule has 122 valence electrons. The monoisotopic (exact) mass is 322 g/mol. The number of pyridine rings is 1. The molecule has 0 saturated carbocycles. The maximum absolute atomic E-state index is 12.2. The smallest absolute Gasteiger partial charge is 0.248 e. The molecule has 3 aromatic rings. The number of hydrogen-bond acceptors (Lipinski definition) is 3. The first-order chi connectivity index (χ1) is 11.5. The Kier molecular flexibility index (Phi) is 4.33. The number of H-pyrrole nitrogens is 1. The zero-order valence-electron chi connectivity index (χ0n) is 13.6. The van der Waals surface area contributed by atoms with Crippen molar-refractivity contribution in [3.63, 3.8) is 0 Å². The molecule has 1 heterocycles. The van der Waals surface area contributed by atoms with E-state index in [0.29, 0.717) is 11.2 Å². The Labute approximate surface area is 139 Å². The highest BCUT2D eigenvalue weighted by molar-refractivity contribution is 5.95. The summed E-state index contributed by atoms with van der Waals surface area (Å²) in [7, 11) is 1.60. The summed E-state index contributed by atoms with van der Waals surface area (Å²) in [5, 5.41) is 3.82. The second kappa shape index (κ2) is 6.58. The fraction of sp³-hybridized carbons (Fsp3) is 0.158. The summed E-state index contributed by atoms with van der Waals surface area (Å²) in [4.78, 5) is 26.6. The van der Waals surface area contributed by atoms with Crippen molar-refractivity contribution in [2.24, 2.45) is 0 Å². The van der Waals surface area contributed by atoms with Crippen LogP contribution in [0.1, 0.15) is 11.1 Å². The number of carbonyl (C=O) groups excluding carboxylic acids is 1. The summed E-state index contributed by atoms with van der Waals surface area (Å²) in [6, 6.07) is 14.4. The number of aromatic amines is 1. The van der Waals surface area contributed by atoms with Gasteiger partial charge in [0.25, 0.3) is 0 Å². The SMILES string of the molecule is COc1ccc(CC(=O)Nc2ccc3c(C)cc(=O)[nH]c3c2)cc1. The van der Waals surface area contributed by atoms with Crippen LogP contribution < -0.4 is 15.6 Å². The van der Waals surface area contributed by atoms with Gasteiger partial charge in [0, 0.05) is 17.1 Å². The van der Waals surface area contributed by atoms with E-state index in [-0.39, 0.29) is 17.9 Å². The lowest BCUT2D eigenvalue weighted by Gasteiger charge is -2.08. The van der Waals surface area contributed by atoms with Crippen LogP contribution in [0, 0.1) is 6.92 Å². The number of rotatable bonds is 4. The number of aryl methyl sites for hydroxylation is 1. The van der Waals surface area contributed by atoms with Gasteiger partial charge in [0.15, 0.2) is 0 Å². The van der Waals surface area contributed by atoms with E-state index in [9.17, 15) is 9.59 Å². The van der Waals surface area contributed by atoms with Crippen LogP contribution in [0.4, 0.5) is 5.69 Å². The summed E-state index contributed by atoms with van der Waals surface area (Å²) >= 11 is 0. The van der Waals surface area contributed by atoms with Crippen molar-refractivity contribution >= 4 is 22.5 Å². The quantitative estimate of drug-likeness (QED) is 0.775. The molecule has 0 atom stereocenters. The van der Waals surface area contributed by atoms with Crippen molar-refractivity contribution in [1.82, 2.24) is 4.98 Å². The number of carbonyl (C=O) groups is 1. The minimum Gasteiger partial charge on any atom is -0.497 e. The average Bonchev–Trinajstić information content (AvgIpc) is 2.55. The third-order valence-corrected chi connectivity index (χ3v) is 3.86. The van der Waals surface area contributed by atoms with Crippen molar-refractivity contribution in [2.75, 3.05) is 12.4 Å². The van der Waals surface area contributed by atoms with Gasteiger partial charge in [0.1, 0.15) is 5.75 Å². The van der Waals surface area contributed by atoms with Gasteiger partial charge >= 0.3 is 0 Å². The Hall–Kier alpha value is -3.08. The van der Waals surface area contributed by atoms with Crippen molar-refractivity contribution in [3.05, 3.63) is 70.0 Å². The van der Waals surface area contributed by atoms with Gasteiger partial charge in [0.2, 0.25) is 11.5 Å². The van der Waals surface area contributed by atoms with Crippen LogP contribution in [-0.4, -0.2) is 18.0 Å². The van der Waals surface area contributed by atoms with Gasteiger partial charge in [-0.15, -0.1) is 0 Å². The van der Waals surface area contributed by atoms with Crippen LogP contribution in [0.15, 0.2) is 53.3 Å². The molecule has 5 heteroatoms. The molecule has 0 radical (unpaired) electrons. The molecule has 0 spiro atoms. The van der Waals surface area contributed by atoms with Crippen molar-refractivity contribution in [3.8, 4) is 5.75 Å². The highest BCUT2D eigenvalue weighted by Crippen LogP contribution is 2.19. The molecule has 2 N–H and O–H groups in total. The molecule has 0 saturated heterocycles. The molecule has 0 aliphatic heterocycles. The first-order valence-electron chi connectivity index (χ1n) is 7.61. The van der Waals surface area contributed by atoms with Gasteiger partial charge in [-0.3, -0.25) is 9.59 Å². The van der Waals surface area contributed by atoms with Gasteiger partial charge in [-0.25, -0.2) is 0 Å². The number of fused-ring (bicyclic) bond motifs is 1. The molecular weight excluding hydrogens is 304 g/mol. The molecule has 0 bridgehead atoms. The van der Waals surface area contributed by atoms with E-state index < -0.39 is 0 Å². The molecule has 1 aromatic heterocycles. The predicted molar refractivity (Wildman–Crippen MR) is 94.6 cm³/mol. The van der Waals surface area contributed by atoms with E-state index in [2.05, 4.69) is 10.3 Å². The summed E-state index contributed by atoms with van der Waals surface area (Å²) in [5.41, 5.74) is 3.02. The Balaban J connectivity index is 1.76. The number of methoxy groups -OCH3 is 1. The van der Waals surface area contributed by atoms with E-state index in [4.69, 9.17) is 4.74 Å². The second-order valence-electron chi connectivity index (χ2n) is 5.65. The Morgan fingerprint density at radius 3 is 2.58 bits per heavy atom. The maximum Gasteiger partial charge on any atom is 0.248 e. The summed E-state index contributed by atoms with van der Waals surface area (Å²) in [6.45, 7) is 1.89. The van der Waals surface area contributed by atoms with Crippen LogP contribution in [0.3, 0.4) is 0 Å². The first-order valence-corrected chi connectivity index (χ1v) is 7.61. The average molecular weight is 322 g/mol. The molecule has 0 aliphatic rings. The minimum absolute atomic E-state index is 0.116. The van der Waals surface area contributed by atoms with Gasteiger partial charge in [-0.1, -0.05) is 18.2 Å². The second-order valence-corrected chi connectivity index (χ2v) is 5.65. The van der Waals surface area contributed by atoms with Crippen LogP contribution >= 0.6 is 0 Å².